The summed E-state index contributed by atoms with van der Waals surface area (Å²) in [5, 5.41) is 11.1. The number of amides is 1. The van der Waals surface area contributed by atoms with Crippen LogP contribution < -0.4 is 5.32 Å². The Morgan fingerprint density at radius 3 is 2.39 bits per heavy atom. The molecule has 0 aliphatic heterocycles. The Hall–Kier alpha value is -1.40. The molecule has 5 nitrogen and oxygen atoms in total. The summed E-state index contributed by atoms with van der Waals surface area (Å²) >= 11 is 0. The van der Waals surface area contributed by atoms with Gasteiger partial charge in [-0.05, 0) is 17.7 Å². The van der Waals surface area contributed by atoms with Gasteiger partial charge < -0.3 is 10.4 Å². The fraction of sp³-hybridized carbons (Fsp3) is 0.417. The lowest BCUT2D eigenvalue weighted by Gasteiger charge is -2.05. The predicted octanol–water partition coefficient (Wildman–Crippen LogP) is 0.131. The minimum atomic E-state index is -3.19. The highest BCUT2D eigenvalue weighted by atomic mass is 32.2. The lowest BCUT2D eigenvalue weighted by Crippen LogP contribution is -2.27. The average Bonchev–Trinajstić information content (AvgIpc) is 2.37. The summed E-state index contributed by atoms with van der Waals surface area (Å²) in [5.41, 5.74) is 0.737. The highest BCUT2D eigenvalue weighted by molar-refractivity contribution is 7.91. The largest absolute Gasteiger partial charge is 0.395 e. The highest BCUT2D eigenvalue weighted by Gasteiger charge is 2.11. The van der Waals surface area contributed by atoms with Gasteiger partial charge in [0.1, 0.15) is 0 Å². The monoisotopic (exact) mass is 271 g/mol. The maximum absolute atomic E-state index is 11.6. The minimum absolute atomic E-state index is 0.0589. The second-order valence-corrected chi connectivity index (χ2v) is 6.08. The van der Waals surface area contributed by atoms with E-state index in [2.05, 4.69) is 5.32 Å². The van der Waals surface area contributed by atoms with Gasteiger partial charge in [0.2, 0.25) is 5.91 Å². The summed E-state index contributed by atoms with van der Waals surface area (Å²) < 4.78 is 23.1. The Morgan fingerprint density at radius 2 is 1.89 bits per heavy atom. The molecule has 1 aromatic carbocycles. The highest BCUT2D eigenvalue weighted by Crippen LogP contribution is 2.12. The summed E-state index contributed by atoms with van der Waals surface area (Å²) in [6, 6.07) is 6.27. The molecule has 0 spiro atoms. The van der Waals surface area contributed by atoms with Crippen LogP contribution in [0.25, 0.3) is 0 Å². The lowest BCUT2D eigenvalue weighted by molar-refractivity contribution is -0.120. The Kier molecular flexibility index (Phi) is 5.30. The van der Waals surface area contributed by atoms with Crippen molar-refractivity contribution in [3.8, 4) is 0 Å². The third-order valence-electron chi connectivity index (χ3n) is 2.46. The van der Waals surface area contributed by atoms with Crippen LogP contribution >= 0.6 is 0 Å². The van der Waals surface area contributed by atoms with E-state index in [0.717, 1.165) is 5.56 Å². The summed E-state index contributed by atoms with van der Waals surface area (Å²) in [6.45, 7) is 1.71. The number of carbonyl (C=O) groups is 1. The van der Waals surface area contributed by atoms with Gasteiger partial charge in [-0.3, -0.25) is 4.79 Å². The Balaban J connectivity index is 2.69. The summed E-state index contributed by atoms with van der Waals surface area (Å²) in [7, 11) is -3.19. The Morgan fingerprint density at radius 1 is 1.28 bits per heavy atom. The first-order valence-electron chi connectivity index (χ1n) is 5.69. The zero-order chi connectivity index (χ0) is 13.6. The van der Waals surface area contributed by atoms with Crippen LogP contribution in [0.3, 0.4) is 0 Å². The number of aliphatic hydroxyl groups excluding tert-OH is 1. The van der Waals surface area contributed by atoms with Crippen LogP contribution in [0.4, 0.5) is 0 Å². The average molecular weight is 271 g/mol. The number of aliphatic hydroxyl groups is 1. The topological polar surface area (TPSA) is 83.5 Å². The molecular weight excluding hydrogens is 254 g/mol. The normalized spacial score (nSPS) is 11.2. The number of carbonyl (C=O) groups excluding carboxylic acids is 1. The van der Waals surface area contributed by atoms with E-state index >= 15 is 0 Å². The molecule has 0 fully saturated rings. The van der Waals surface area contributed by atoms with Gasteiger partial charge in [-0.25, -0.2) is 8.42 Å². The van der Waals surface area contributed by atoms with E-state index in [4.69, 9.17) is 5.11 Å². The first-order valence-corrected chi connectivity index (χ1v) is 7.34. The molecule has 0 saturated heterocycles. The van der Waals surface area contributed by atoms with E-state index in [1.807, 2.05) is 0 Å². The smallest absolute Gasteiger partial charge is 0.224 e. The number of nitrogens with one attached hydrogen (secondary N) is 1. The van der Waals surface area contributed by atoms with Crippen molar-refractivity contribution in [2.75, 3.05) is 18.9 Å². The molecule has 18 heavy (non-hydrogen) atoms. The van der Waals surface area contributed by atoms with E-state index in [1.54, 1.807) is 19.1 Å². The van der Waals surface area contributed by atoms with Crippen molar-refractivity contribution in [2.24, 2.45) is 0 Å². The number of hydrogen-bond donors (Lipinski definition) is 2. The molecule has 0 unspecified atom stereocenters. The fourth-order valence-electron chi connectivity index (χ4n) is 1.42. The minimum Gasteiger partial charge on any atom is -0.395 e. The van der Waals surface area contributed by atoms with E-state index < -0.39 is 9.84 Å². The molecular formula is C12H17NO4S. The molecule has 1 aromatic rings. The van der Waals surface area contributed by atoms with Crippen LogP contribution in [-0.4, -0.2) is 38.3 Å². The van der Waals surface area contributed by atoms with Crippen LogP contribution in [0.15, 0.2) is 29.2 Å². The molecule has 100 valence electrons. The SMILES string of the molecule is CCS(=O)(=O)c1ccc(CC(=O)NCCO)cc1. The Labute approximate surface area is 107 Å². The maximum atomic E-state index is 11.6. The van der Waals surface area contributed by atoms with E-state index in [1.165, 1.54) is 12.1 Å². The molecule has 0 atom stereocenters. The molecule has 6 heteroatoms. The molecule has 1 amide bonds. The number of rotatable bonds is 6. The van der Waals surface area contributed by atoms with Crippen LogP contribution in [0.2, 0.25) is 0 Å². The van der Waals surface area contributed by atoms with Crippen molar-refractivity contribution >= 4 is 15.7 Å². The van der Waals surface area contributed by atoms with Gasteiger partial charge >= 0.3 is 0 Å². The third-order valence-corrected chi connectivity index (χ3v) is 4.21. The molecule has 0 saturated carbocycles. The molecule has 0 bridgehead atoms. The third kappa shape index (κ3) is 4.12. The Bertz CT molecular complexity index is 493. The molecule has 0 heterocycles. The summed E-state index contributed by atoms with van der Waals surface area (Å²) in [6.07, 6.45) is 0.173. The van der Waals surface area contributed by atoms with E-state index in [9.17, 15) is 13.2 Å². The van der Waals surface area contributed by atoms with Gasteiger partial charge in [0.25, 0.3) is 0 Å². The van der Waals surface area contributed by atoms with Crippen molar-refractivity contribution in [1.82, 2.24) is 5.32 Å². The maximum Gasteiger partial charge on any atom is 0.224 e. The van der Waals surface area contributed by atoms with Gasteiger partial charge in [-0.1, -0.05) is 19.1 Å². The van der Waals surface area contributed by atoms with Crippen LogP contribution in [0.5, 0.6) is 0 Å². The van der Waals surface area contributed by atoms with Gasteiger partial charge in [0.15, 0.2) is 9.84 Å². The van der Waals surface area contributed by atoms with Crippen LogP contribution in [-0.2, 0) is 21.1 Å². The van der Waals surface area contributed by atoms with Gasteiger partial charge in [0, 0.05) is 6.54 Å². The molecule has 0 aromatic heterocycles. The number of hydrogen-bond acceptors (Lipinski definition) is 4. The number of sulfone groups is 1. The van der Waals surface area contributed by atoms with E-state index in [-0.39, 0.29) is 36.1 Å². The first-order chi connectivity index (χ1) is 8.49. The lowest BCUT2D eigenvalue weighted by atomic mass is 10.1. The second-order valence-electron chi connectivity index (χ2n) is 3.80. The molecule has 1 rings (SSSR count). The number of benzene rings is 1. The van der Waals surface area contributed by atoms with Crippen molar-refractivity contribution in [3.63, 3.8) is 0 Å². The van der Waals surface area contributed by atoms with Crippen molar-refractivity contribution in [3.05, 3.63) is 29.8 Å². The molecule has 2 N–H and O–H groups in total. The summed E-state index contributed by atoms with van der Waals surface area (Å²) in [5.74, 6) is -0.140. The predicted molar refractivity (Wildman–Crippen MR) is 68.0 cm³/mol. The van der Waals surface area contributed by atoms with Gasteiger partial charge in [-0.15, -0.1) is 0 Å². The van der Waals surface area contributed by atoms with Crippen molar-refractivity contribution in [2.45, 2.75) is 18.2 Å². The molecule has 0 aliphatic rings. The van der Waals surface area contributed by atoms with Crippen molar-refractivity contribution < 1.29 is 18.3 Å². The first kappa shape index (κ1) is 14.7. The molecule has 0 radical (unpaired) electrons. The second kappa shape index (κ2) is 6.51. The standard InChI is InChI=1S/C12H17NO4S/c1-2-18(16,17)11-5-3-10(4-6-11)9-12(15)13-7-8-14/h3-6,14H,2,7-9H2,1H3,(H,13,15). The van der Waals surface area contributed by atoms with Crippen LogP contribution in [0, 0.1) is 0 Å². The molecule has 0 aliphatic carbocycles. The zero-order valence-electron chi connectivity index (χ0n) is 10.2. The quantitative estimate of drug-likeness (QED) is 0.770. The van der Waals surface area contributed by atoms with Crippen LogP contribution in [0.1, 0.15) is 12.5 Å². The van der Waals surface area contributed by atoms with Gasteiger partial charge in [-0.2, -0.15) is 0 Å². The van der Waals surface area contributed by atoms with Crippen molar-refractivity contribution in [1.29, 1.82) is 0 Å². The summed E-state index contributed by atoms with van der Waals surface area (Å²) in [4.78, 5) is 11.6. The van der Waals surface area contributed by atoms with E-state index in [0.29, 0.717) is 0 Å². The fourth-order valence-corrected chi connectivity index (χ4v) is 2.31. The zero-order valence-corrected chi connectivity index (χ0v) is 11.0. The van der Waals surface area contributed by atoms with Gasteiger partial charge in [0.05, 0.1) is 23.7 Å².